The molecule has 0 unspecified atom stereocenters. The van der Waals surface area contributed by atoms with Gasteiger partial charge in [-0.05, 0) is 12.1 Å². The minimum absolute atomic E-state index is 0.296. The Hall–Kier alpha value is -2.04. The molecule has 15 heavy (non-hydrogen) atoms. The van der Waals surface area contributed by atoms with Gasteiger partial charge in [-0.3, -0.25) is 4.79 Å². The first-order valence-corrected chi connectivity index (χ1v) is 4.23. The summed E-state index contributed by atoms with van der Waals surface area (Å²) in [5.74, 6) is 0.397. The zero-order valence-corrected chi connectivity index (χ0v) is 8.61. The van der Waals surface area contributed by atoms with Crippen LogP contribution in [0.15, 0.2) is 24.8 Å². The Labute approximate surface area is 87.7 Å². The van der Waals surface area contributed by atoms with Crippen LogP contribution in [0.4, 0.5) is 5.69 Å². The number of pyridine rings is 1. The number of rotatable bonds is 4. The fraction of sp³-hybridized carbons (Fsp3) is 0.200. The molecule has 5 nitrogen and oxygen atoms in total. The number of methoxy groups -OCH3 is 2. The number of nitrogens with one attached hydrogen (secondary N) is 1. The fourth-order valence-electron chi connectivity index (χ4n) is 0.972. The van der Waals surface area contributed by atoms with Crippen LogP contribution in [0.3, 0.4) is 0 Å². The van der Waals surface area contributed by atoms with E-state index in [4.69, 9.17) is 9.47 Å². The van der Waals surface area contributed by atoms with E-state index in [0.29, 0.717) is 17.4 Å². The number of hydrogen-bond acceptors (Lipinski definition) is 4. The second-order valence-corrected chi connectivity index (χ2v) is 2.60. The molecule has 1 amide bonds. The summed E-state index contributed by atoms with van der Waals surface area (Å²) >= 11 is 0. The van der Waals surface area contributed by atoms with Crippen LogP contribution in [0.2, 0.25) is 0 Å². The first-order valence-electron chi connectivity index (χ1n) is 4.23. The lowest BCUT2D eigenvalue weighted by atomic mass is 10.4. The van der Waals surface area contributed by atoms with Crippen molar-refractivity contribution in [3.63, 3.8) is 0 Å². The molecule has 1 aromatic heterocycles. The van der Waals surface area contributed by atoms with E-state index in [1.165, 1.54) is 20.3 Å². The zero-order chi connectivity index (χ0) is 11.3. The molecule has 0 atom stereocenters. The summed E-state index contributed by atoms with van der Waals surface area (Å²) in [6.45, 7) is 3.35. The topological polar surface area (TPSA) is 60.5 Å². The normalized spacial score (nSPS) is 9.20. The third-order valence-corrected chi connectivity index (χ3v) is 1.68. The highest BCUT2D eigenvalue weighted by Gasteiger charge is 2.07. The molecule has 0 aromatic carbocycles. The van der Waals surface area contributed by atoms with Gasteiger partial charge in [0.15, 0.2) is 0 Å². The highest BCUT2D eigenvalue weighted by Crippen LogP contribution is 2.24. The maximum absolute atomic E-state index is 11.1. The molecular formula is C10H12N2O3. The Morgan fingerprint density at radius 3 is 2.73 bits per heavy atom. The van der Waals surface area contributed by atoms with Gasteiger partial charge in [-0.2, -0.15) is 4.98 Å². The van der Waals surface area contributed by atoms with Gasteiger partial charge < -0.3 is 14.8 Å². The van der Waals surface area contributed by atoms with Crippen LogP contribution in [-0.4, -0.2) is 25.1 Å². The number of aromatic nitrogens is 1. The number of nitrogens with zero attached hydrogens (tertiary/aromatic N) is 1. The zero-order valence-electron chi connectivity index (χ0n) is 8.61. The van der Waals surface area contributed by atoms with Crippen LogP contribution in [0.5, 0.6) is 11.8 Å². The van der Waals surface area contributed by atoms with E-state index in [1.807, 2.05) is 0 Å². The van der Waals surface area contributed by atoms with Crippen molar-refractivity contribution in [3.05, 3.63) is 24.8 Å². The van der Waals surface area contributed by atoms with Crippen molar-refractivity contribution in [2.75, 3.05) is 19.5 Å². The van der Waals surface area contributed by atoms with Gasteiger partial charge in [0.05, 0.1) is 14.2 Å². The van der Waals surface area contributed by atoms with Crippen molar-refractivity contribution in [2.24, 2.45) is 0 Å². The SMILES string of the molecule is C=CC(=O)Nc1ccc(OC)nc1OC. The largest absolute Gasteiger partial charge is 0.481 e. The van der Waals surface area contributed by atoms with Gasteiger partial charge in [0, 0.05) is 6.07 Å². The third kappa shape index (κ3) is 2.70. The van der Waals surface area contributed by atoms with Gasteiger partial charge in [-0.15, -0.1) is 0 Å². The predicted molar refractivity (Wildman–Crippen MR) is 56.2 cm³/mol. The Kier molecular flexibility index (Phi) is 3.68. The Morgan fingerprint density at radius 2 is 2.20 bits per heavy atom. The summed E-state index contributed by atoms with van der Waals surface area (Å²) in [6.07, 6.45) is 1.17. The first kappa shape index (κ1) is 11.0. The molecule has 0 bridgehead atoms. The number of hydrogen-bond donors (Lipinski definition) is 1. The average Bonchev–Trinajstić information content (AvgIpc) is 2.29. The molecule has 0 aliphatic rings. The molecular weight excluding hydrogens is 196 g/mol. The molecule has 0 aliphatic carbocycles. The van der Waals surface area contributed by atoms with Crippen molar-refractivity contribution in [3.8, 4) is 11.8 Å². The van der Waals surface area contributed by atoms with Crippen molar-refractivity contribution in [1.29, 1.82) is 0 Å². The van der Waals surface area contributed by atoms with Gasteiger partial charge in [-0.25, -0.2) is 0 Å². The van der Waals surface area contributed by atoms with Crippen LogP contribution >= 0.6 is 0 Å². The highest BCUT2D eigenvalue weighted by molar-refractivity contribution is 5.99. The van der Waals surface area contributed by atoms with Gasteiger partial charge in [0.1, 0.15) is 5.69 Å². The fourth-order valence-corrected chi connectivity index (χ4v) is 0.972. The molecule has 80 valence electrons. The molecule has 1 heterocycles. The Morgan fingerprint density at radius 1 is 1.47 bits per heavy atom. The molecule has 0 fully saturated rings. The van der Waals surface area contributed by atoms with Crippen LogP contribution < -0.4 is 14.8 Å². The van der Waals surface area contributed by atoms with E-state index in [2.05, 4.69) is 16.9 Å². The quantitative estimate of drug-likeness (QED) is 0.756. The summed E-state index contributed by atoms with van der Waals surface area (Å²) in [7, 11) is 2.97. The lowest BCUT2D eigenvalue weighted by Crippen LogP contribution is -2.09. The summed E-state index contributed by atoms with van der Waals surface area (Å²) in [6, 6.07) is 3.27. The summed E-state index contributed by atoms with van der Waals surface area (Å²) < 4.78 is 9.91. The number of ether oxygens (including phenoxy) is 2. The molecule has 0 radical (unpaired) electrons. The number of anilines is 1. The van der Waals surface area contributed by atoms with E-state index in [9.17, 15) is 4.79 Å². The van der Waals surface area contributed by atoms with Crippen molar-refractivity contribution >= 4 is 11.6 Å². The van der Waals surface area contributed by atoms with E-state index in [0.717, 1.165) is 0 Å². The van der Waals surface area contributed by atoms with E-state index in [-0.39, 0.29) is 5.91 Å². The number of amides is 1. The molecule has 1 N–H and O–H groups in total. The molecule has 0 aliphatic heterocycles. The second kappa shape index (κ2) is 4.99. The van der Waals surface area contributed by atoms with Crippen molar-refractivity contribution < 1.29 is 14.3 Å². The molecule has 1 aromatic rings. The summed E-state index contributed by atoms with van der Waals surface area (Å²) in [4.78, 5) is 15.1. The van der Waals surface area contributed by atoms with Crippen LogP contribution in [-0.2, 0) is 4.79 Å². The number of carbonyl (C=O) groups excluding carboxylic acids is 1. The first-order chi connectivity index (χ1) is 7.21. The van der Waals surface area contributed by atoms with Crippen molar-refractivity contribution in [1.82, 2.24) is 4.98 Å². The molecule has 0 saturated carbocycles. The molecule has 0 saturated heterocycles. The second-order valence-electron chi connectivity index (χ2n) is 2.60. The molecule has 5 heteroatoms. The van der Waals surface area contributed by atoms with E-state index >= 15 is 0 Å². The predicted octanol–water partition coefficient (Wildman–Crippen LogP) is 1.22. The smallest absolute Gasteiger partial charge is 0.247 e. The molecule has 1 rings (SSSR count). The standard InChI is InChI=1S/C10H12N2O3/c1-4-8(13)11-7-5-6-9(14-2)12-10(7)15-3/h4-6H,1H2,2-3H3,(H,11,13). The van der Waals surface area contributed by atoms with Gasteiger partial charge in [0.2, 0.25) is 17.7 Å². The Bertz CT molecular complexity index is 377. The van der Waals surface area contributed by atoms with Gasteiger partial charge >= 0.3 is 0 Å². The van der Waals surface area contributed by atoms with Gasteiger partial charge in [0.25, 0.3) is 0 Å². The minimum atomic E-state index is -0.319. The summed E-state index contributed by atoms with van der Waals surface area (Å²) in [5, 5.41) is 2.56. The Balaban J connectivity index is 2.96. The average molecular weight is 208 g/mol. The maximum atomic E-state index is 11.1. The third-order valence-electron chi connectivity index (χ3n) is 1.68. The van der Waals surface area contributed by atoms with Crippen LogP contribution in [0.25, 0.3) is 0 Å². The van der Waals surface area contributed by atoms with Crippen LogP contribution in [0, 0.1) is 0 Å². The lowest BCUT2D eigenvalue weighted by Gasteiger charge is -2.08. The summed E-state index contributed by atoms with van der Waals surface area (Å²) in [5.41, 5.74) is 0.475. The minimum Gasteiger partial charge on any atom is -0.481 e. The maximum Gasteiger partial charge on any atom is 0.247 e. The molecule has 0 spiro atoms. The lowest BCUT2D eigenvalue weighted by molar-refractivity contribution is -0.111. The van der Waals surface area contributed by atoms with Crippen LogP contribution in [0.1, 0.15) is 0 Å². The van der Waals surface area contributed by atoms with Gasteiger partial charge in [-0.1, -0.05) is 6.58 Å². The number of carbonyl (C=O) groups is 1. The van der Waals surface area contributed by atoms with E-state index < -0.39 is 0 Å². The van der Waals surface area contributed by atoms with E-state index in [1.54, 1.807) is 12.1 Å². The monoisotopic (exact) mass is 208 g/mol. The van der Waals surface area contributed by atoms with Crippen molar-refractivity contribution in [2.45, 2.75) is 0 Å². The highest BCUT2D eigenvalue weighted by atomic mass is 16.5.